The number of hydrogen-bond acceptors (Lipinski definition) is 3. The molecule has 126 valence electrons. The molecule has 0 spiro atoms. The zero-order chi connectivity index (χ0) is 16.1. The van der Waals surface area contributed by atoms with Crippen LogP contribution in [0.25, 0.3) is 0 Å². The second-order valence-corrected chi connectivity index (χ2v) is 6.67. The smallest absolute Gasteiger partial charge is 0.317 e. The van der Waals surface area contributed by atoms with Crippen LogP contribution in [0.3, 0.4) is 0 Å². The predicted octanol–water partition coefficient (Wildman–Crippen LogP) is 3.34. The van der Waals surface area contributed by atoms with Crippen molar-refractivity contribution in [2.24, 2.45) is 5.92 Å². The molecule has 1 unspecified atom stereocenters. The van der Waals surface area contributed by atoms with Gasteiger partial charge in [-0.1, -0.05) is 13.0 Å². The number of pyridine rings is 1. The van der Waals surface area contributed by atoms with E-state index in [0.717, 1.165) is 43.9 Å². The van der Waals surface area contributed by atoms with Gasteiger partial charge in [0.25, 0.3) is 0 Å². The molecule has 1 saturated heterocycles. The first-order chi connectivity index (χ1) is 11.3. The maximum atomic E-state index is 12.4. The number of rotatable bonds is 6. The van der Waals surface area contributed by atoms with Gasteiger partial charge in [0.1, 0.15) is 0 Å². The fourth-order valence-corrected chi connectivity index (χ4v) is 3.06. The lowest BCUT2D eigenvalue weighted by molar-refractivity contribution is 0.148. The van der Waals surface area contributed by atoms with E-state index in [4.69, 9.17) is 4.74 Å². The number of urea groups is 1. The monoisotopic (exact) mass is 317 g/mol. The third-order valence-electron chi connectivity index (χ3n) is 4.76. The van der Waals surface area contributed by atoms with E-state index in [9.17, 15) is 4.79 Å². The Bertz CT molecular complexity index is 514. The Hall–Kier alpha value is -1.78. The molecule has 1 aliphatic carbocycles. The van der Waals surface area contributed by atoms with E-state index in [0.29, 0.717) is 18.5 Å². The van der Waals surface area contributed by atoms with Crippen molar-refractivity contribution >= 4 is 6.03 Å². The van der Waals surface area contributed by atoms with Crippen molar-refractivity contribution in [1.29, 1.82) is 0 Å². The number of ether oxygens (including phenoxy) is 1. The average Bonchev–Trinajstić information content (AvgIpc) is 3.43. The van der Waals surface area contributed by atoms with Crippen molar-refractivity contribution in [1.82, 2.24) is 15.2 Å². The molecule has 1 aliphatic heterocycles. The molecule has 23 heavy (non-hydrogen) atoms. The second kappa shape index (κ2) is 7.66. The average molecular weight is 317 g/mol. The Balaban J connectivity index is 1.45. The van der Waals surface area contributed by atoms with Gasteiger partial charge in [0, 0.05) is 31.4 Å². The number of aromatic nitrogens is 1. The molecule has 0 bridgehead atoms. The number of nitrogens with zero attached hydrogens (tertiary/aromatic N) is 2. The van der Waals surface area contributed by atoms with Crippen molar-refractivity contribution in [3.8, 4) is 5.88 Å². The number of likely N-dealkylation sites (tertiary alicyclic amines) is 1. The minimum Gasteiger partial charge on any atom is -0.477 e. The molecular formula is C18H27N3O2. The van der Waals surface area contributed by atoms with Crippen LogP contribution >= 0.6 is 0 Å². The van der Waals surface area contributed by atoms with E-state index in [2.05, 4.69) is 17.2 Å². The third kappa shape index (κ3) is 4.60. The third-order valence-corrected chi connectivity index (χ3v) is 4.76. The number of amides is 2. The molecule has 1 aromatic rings. The lowest BCUT2D eigenvalue weighted by Crippen LogP contribution is -2.48. The van der Waals surface area contributed by atoms with Crippen LogP contribution in [0.4, 0.5) is 4.79 Å². The SMILES string of the molecule is CCC1CCCCN1C(=O)NCc1ccc(OCC2CC2)nc1. The van der Waals surface area contributed by atoms with Crippen LogP contribution in [0, 0.1) is 5.92 Å². The lowest BCUT2D eigenvalue weighted by Gasteiger charge is -2.35. The van der Waals surface area contributed by atoms with E-state index in [1.165, 1.54) is 19.3 Å². The van der Waals surface area contributed by atoms with Crippen LogP contribution in [0.1, 0.15) is 51.0 Å². The molecule has 2 aliphatic rings. The quantitative estimate of drug-likeness (QED) is 0.875. The molecular weight excluding hydrogens is 290 g/mol. The van der Waals surface area contributed by atoms with Gasteiger partial charge in [-0.15, -0.1) is 0 Å². The van der Waals surface area contributed by atoms with Crippen LogP contribution in [0.5, 0.6) is 5.88 Å². The number of carbonyl (C=O) groups is 1. The summed E-state index contributed by atoms with van der Waals surface area (Å²) in [5.74, 6) is 1.40. The second-order valence-electron chi connectivity index (χ2n) is 6.67. The van der Waals surface area contributed by atoms with Crippen molar-refractivity contribution in [3.05, 3.63) is 23.9 Å². The normalized spacial score (nSPS) is 21.1. The van der Waals surface area contributed by atoms with Gasteiger partial charge >= 0.3 is 6.03 Å². The molecule has 0 radical (unpaired) electrons. The van der Waals surface area contributed by atoms with Crippen LogP contribution < -0.4 is 10.1 Å². The minimum atomic E-state index is 0.0469. The highest BCUT2D eigenvalue weighted by Gasteiger charge is 2.25. The van der Waals surface area contributed by atoms with Crippen molar-refractivity contribution in [3.63, 3.8) is 0 Å². The minimum absolute atomic E-state index is 0.0469. The van der Waals surface area contributed by atoms with E-state index >= 15 is 0 Å². The first-order valence-corrected chi connectivity index (χ1v) is 8.88. The molecule has 2 amide bonds. The molecule has 1 atom stereocenters. The summed E-state index contributed by atoms with van der Waals surface area (Å²) in [6.45, 7) is 4.31. The van der Waals surface area contributed by atoms with Gasteiger partial charge in [0.15, 0.2) is 0 Å². The van der Waals surface area contributed by atoms with Gasteiger partial charge in [-0.2, -0.15) is 0 Å². The van der Waals surface area contributed by atoms with E-state index in [-0.39, 0.29) is 6.03 Å². The molecule has 1 aromatic heterocycles. The summed E-state index contributed by atoms with van der Waals surface area (Å²) in [5.41, 5.74) is 1.00. The fourth-order valence-electron chi connectivity index (χ4n) is 3.06. The van der Waals surface area contributed by atoms with Crippen LogP contribution in [-0.2, 0) is 6.54 Å². The van der Waals surface area contributed by atoms with Gasteiger partial charge in [-0.3, -0.25) is 0 Å². The predicted molar refractivity (Wildman–Crippen MR) is 89.3 cm³/mol. The Morgan fingerprint density at radius 2 is 2.22 bits per heavy atom. The van der Waals surface area contributed by atoms with Gasteiger partial charge in [0.2, 0.25) is 5.88 Å². The first kappa shape index (κ1) is 16.1. The summed E-state index contributed by atoms with van der Waals surface area (Å²) in [5, 5.41) is 3.02. The highest BCUT2D eigenvalue weighted by Crippen LogP contribution is 2.29. The summed E-state index contributed by atoms with van der Waals surface area (Å²) < 4.78 is 5.63. The molecule has 5 nitrogen and oxygen atoms in total. The summed E-state index contributed by atoms with van der Waals surface area (Å²) in [4.78, 5) is 18.7. The van der Waals surface area contributed by atoms with Crippen molar-refractivity contribution < 1.29 is 9.53 Å². The zero-order valence-corrected chi connectivity index (χ0v) is 14.0. The standard InChI is InChI=1S/C18H27N3O2/c1-2-16-5-3-4-10-21(16)18(22)20-12-15-8-9-17(19-11-15)23-13-14-6-7-14/h8-9,11,14,16H,2-7,10,12-13H2,1H3,(H,20,22). The molecule has 5 heteroatoms. The van der Waals surface area contributed by atoms with Crippen LogP contribution in [0.15, 0.2) is 18.3 Å². The number of nitrogens with one attached hydrogen (secondary N) is 1. The van der Waals surface area contributed by atoms with Crippen molar-refractivity contribution in [2.75, 3.05) is 13.2 Å². The molecule has 1 N–H and O–H groups in total. The summed E-state index contributed by atoms with van der Waals surface area (Å²) in [7, 11) is 0. The van der Waals surface area contributed by atoms with Gasteiger partial charge in [-0.25, -0.2) is 9.78 Å². The molecule has 3 rings (SSSR count). The van der Waals surface area contributed by atoms with Gasteiger partial charge < -0.3 is 15.0 Å². The van der Waals surface area contributed by atoms with Crippen molar-refractivity contribution in [2.45, 2.75) is 58.0 Å². The van der Waals surface area contributed by atoms with E-state index < -0.39 is 0 Å². The molecule has 2 fully saturated rings. The largest absolute Gasteiger partial charge is 0.477 e. The molecule has 1 saturated carbocycles. The van der Waals surface area contributed by atoms with E-state index in [1.807, 2.05) is 17.0 Å². The Morgan fingerprint density at radius 3 is 2.91 bits per heavy atom. The lowest BCUT2D eigenvalue weighted by atomic mass is 10.0. The summed E-state index contributed by atoms with van der Waals surface area (Å²) >= 11 is 0. The zero-order valence-electron chi connectivity index (χ0n) is 14.0. The maximum absolute atomic E-state index is 12.4. The highest BCUT2D eigenvalue weighted by molar-refractivity contribution is 5.74. The summed E-state index contributed by atoms with van der Waals surface area (Å²) in [6.07, 6.45) is 8.84. The number of piperidine rings is 1. The summed E-state index contributed by atoms with van der Waals surface area (Å²) in [6, 6.07) is 4.30. The Kier molecular flexibility index (Phi) is 5.36. The first-order valence-electron chi connectivity index (χ1n) is 8.88. The van der Waals surface area contributed by atoms with Crippen LogP contribution in [0.2, 0.25) is 0 Å². The van der Waals surface area contributed by atoms with Gasteiger partial charge in [-0.05, 0) is 50.0 Å². The highest BCUT2D eigenvalue weighted by atomic mass is 16.5. The Morgan fingerprint density at radius 1 is 1.35 bits per heavy atom. The van der Waals surface area contributed by atoms with Crippen LogP contribution in [-0.4, -0.2) is 35.1 Å². The topological polar surface area (TPSA) is 54.5 Å². The molecule has 2 heterocycles. The fraction of sp³-hybridized carbons (Fsp3) is 0.667. The van der Waals surface area contributed by atoms with E-state index in [1.54, 1.807) is 6.20 Å². The number of carbonyl (C=O) groups excluding carboxylic acids is 1. The Labute approximate surface area is 138 Å². The number of hydrogen-bond donors (Lipinski definition) is 1. The van der Waals surface area contributed by atoms with Gasteiger partial charge in [0.05, 0.1) is 6.61 Å². The maximum Gasteiger partial charge on any atom is 0.317 e. The molecule has 0 aromatic carbocycles.